The number of hydrogen-bond acceptors (Lipinski definition) is 5. The fraction of sp³-hybridized carbons (Fsp3) is 0.455. The van der Waals surface area contributed by atoms with E-state index in [4.69, 9.17) is 16.3 Å². The van der Waals surface area contributed by atoms with Gasteiger partial charge in [0, 0.05) is 12.8 Å². The molecule has 1 aliphatic heterocycles. The predicted octanol–water partition coefficient (Wildman–Crippen LogP) is 1.11. The highest BCUT2D eigenvalue weighted by Gasteiger charge is 2.40. The summed E-state index contributed by atoms with van der Waals surface area (Å²) in [5.74, 6) is -0.679. The number of hydrogen-bond donors (Lipinski definition) is 1. The molecule has 2 rings (SSSR count). The molecule has 0 spiro atoms. The molecule has 2 heterocycles. The highest BCUT2D eigenvalue weighted by atomic mass is 35.5. The number of ether oxygens (including phenoxy) is 1. The van der Waals surface area contributed by atoms with E-state index in [0.717, 1.165) is 6.42 Å². The van der Waals surface area contributed by atoms with Crippen molar-refractivity contribution in [1.82, 2.24) is 9.71 Å². The van der Waals surface area contributed by atoms with Crippen LogP contribution in [-0.4, -0.2) is 31.5 Å². The van der Waals surface area contributed by atoms with Crippen LogP contribution >= 0.6 is 11.6 Å². The smallest absolute Gasteiger partial charge is 0.281 e. The van der Waals surface area contributed by atoms with Gasteiger partial charge < -0.3 is 4.74 Å². The Morgan fingerprint density at radius 3 is 2.79 bits per heavy atom. The van der Waals surface area contributed by atoms with Crippen LogP contribution in [0.5, 0.6) is 0 Å². The number of amides is 1. The van der Waals surface area contributed by atoms with E-state index in [9.17, 15) is 13.2 Å². The minimum Gasteiger partial charge on any atom is -0.365 e. The van der Waals surface area contributed by atoms with E-state index in [1.807, 2.05) is 4.72 Å². The minimum atomic E-state index is -4.00. The number of nitrogens with zero attached hydrogens (tertiary/aromatic N) is 1. The number of aromatic nitrogens is 1. The lowest BCUT2D eigenvalue weighted by Crippen LogP contribution is -2.46. The van der Waals surface area contributed by atoms with Crippen molar-refractivity contribution >= 4 is 27.5 Å². The van der Waals surface area contributed by atoms with Gasteiger partial charge in [-0.3, -0.25) is 4.79 Å². The first-order valence-electron chi connectivity index (χ1n) is 5.66. The highest BCUT2D eigenvalue weighted by Crippen LogP contribution is 2.25. The van der Waals surface area contributed by atoms with Crippen LogP contribution in [0.2, 0.25) is 5.02 Å². The first-order chi connectivity index (χ1) is 8.83. The number of rotatable bonds is 3. The number of pyridine rings is 1. The van der Waals surface area contributed by atoms with Gasteiger partial charge in [0.25, 0.3) is 15.9 Å². The number of carbonyl (C=O) groups excluding carboxylic acids is 1. The molecule has 1 saturated heterocycles. The van der Waals surface area contributed by atoms with Crippen molar-refractivity contribution < 1.29 is 17.9 Å². The van der Waals surface area contributed by atoms with Crippen molar-refractivity contribution in [2.75, 3.05) is 6.61 Å². The van der Waals surface area contributed by atoms with E-state index >= 15 is 0 Å². The molecule has 104 valence electrons. The van der Waals surface area contributed by atoms with Gasteiger partial charge in [0.05, 0.1) is 5.02 Å². The van der Waals surface area contributed by atoms with Gasteiger partial charge in [0.2, 0.25) is 0 Å². The molecule has 0 saturated carbocycles. The third kappa shape index (κ3) is 3.05. The van der Waals surface area contributed by atoms with Crippen molar-refractivity contribution in [3.63, 3.8) is 0 Å². The molecule has 1 fully saturated rings. The van der Waals surface area contributed by atoms with Crippen LogP contribution in [0.4, 0.5) is 0 Å². The molecule has 1 N–H and O–H groups in total. The standard InChI is InChI=1S/C11H13ClN2O4S/c1-11(5-2-6-18-11)10(15)14-19(16,17)9-4-3-8(12)7-13-9/h3-4,7H,2,5-6H2,1H3,(H,14,15). The summed E-state index contributed by atoms with van der Waals surface area (Å²) in [5.41, 5.74) is -1.10. The molecular weight excluding hydrogens is 292 g/mol. The van der Waals surface area contributed by atoms with Crippen LogP contribution in [0.25, 0.3) is 0 Å². The molecule has 19 heavy (non-hydrogen) atoms. The maximum atomic E-state index is 12.0. The first kappa shape index (κ1) is 14.2. The van der Waals surface area contributed by atoms with Crippen molar-refractivity contribution in [2.24, 2.45) is 0 Å². The lowest BCUT2D eigenvalue weighted by molar-refractivity contribution is -0.137. The Hall–Kier alpha value is -1.18. The van der Waals surface area contributed by atoms with E-state index in [1.54, 1.807) is 6.92 Å². The highest BCUT2D eigenvalue weighted by molar-refractivity contribution is 7.90. The van der Waals surface area contributed by atoms with Gasteiger partial charge in [-0.1, -0.05) is 11.6 Å². The Balaban J connectivity index is 2.17. The zero-order valence-corrected chi connectivity index (χ0v) is 11.8. The largest absolute Gasteiger partial charge is 0.365 e. The molecule has 1 aromatic heterocycles. The second kappa shape index (κ2) is 5.07. The summed E-state index contributed by atoms with van der Waals surface area (Å²) in [7, 11) is -4.00. The van der Waals surface area contributed by atoms with E-state index in [2.05, 4.69) is 4.98 Å². The normalized spacial score (nSPS) is 23.3. The first-order valence-corrected chi connectivity index (χ1v) is 7.52. The monoisotopic (exact) mass is 304 g/mol. The maximum absolute atomic E-state index is 12.0. The van der Waals surface area contributed by atoms with Gasteiger partial charge >= 0.3 is 0 Å². The SMILES string of the molecule is CC1(C(=O)NS(=O)(=O)c2ccc(Cl)cn2)CCCO1. The van der Waals surface area contributed by atoms with Crippen LogP contribution in [0.1, 0.15) is 19.8 Å². The van der Waals surface area contributed by atoms with Crippen molar-refractivity contribution in [3.05, 3.63) is 23.4 Å². The average molecular weight is 305 g/mol. The summed E-state index contributed by atoms with van der Waals surface area (Å²) in [4.78, 5) is 15.6. The number of halogens is 1. The van der Waals surface area contributed by atoms with Crippen molar-refractivity contribution in [3.8, 4) is 0 Å². The predicted molar refractivity (Wildman–Crippen MR) is 68.2 cm³/mol. The summed E-state index contributed by atoms with van der Waals surface area (Å²) in [6.07, 6.45) is 2.42. The van der Waals surface area contributed by atoms with Gasteiger partial charge in [-0.05, 0) is 31.9 Å². The average Bonchev–Trinajstić information content (AvgIpc) is 2.77. The Labute approximate surface area is 116 Å². The lowest BCUT2D eigenvalue weighted by Gasteiger charge is -2.21. The number of carbonyl (C=O) groups is 1. The Bertz CT molecular complexity index is 579. The molecule has 1 unspecified atom stereocenters. The van der Waals surface area contributed by atoms with Gasteiger partial charge in [-0.15, -0.1) is 0 Å². The third-order valence-electron chi connectivity index (χ3n) is 2.90. The van der Waals surface area contributed by atoms with Gasteiger partial charge in [0.1, 0.15) is 5.60 Å². The Morgan fingerprint density at radius 1 is 1.53 bits per heavy atom. The molecule has 8 heteroatoms. The fourth-order valence-electron chi connectivity index (χ4n) is 1.76. The molecule has 0 aromatic carbocycles. The summed E-state index contributed by atoms with van der Waals surface area (Å²) in [6, 6.07) is 2.62. The van der Waals surface area contributed by atoms with Crippen molar-refractivity contribution in [1.29, 1.82) is 0 Å². The molecule has 0 aliphatic carbocycles. The Kier molecular flexibility index (Phi) is 3.80. The van der Waals surface area contributed by atoms with Crippen LogP contribution in [-0.2, 0) is 19.6 Å². The van der Waals surface area contributed by atoms with Crippen LogP contribution < -0.4 is 4.72 Å². The van der Waals surface area contributed by atoms with E-state index in [1.165, 1.54) is 18.3 Å². The molecule has 1 atom stereocenters. The molecule has 1 amide bonds. The zero-order chi connectivity index (χ0) is 14.1. The topological polar surface area (TPSA) is 85.4 Å². The van der Waals surface area contributed by atoms with Crippen LogP contribution in [0, 0.1) is 0 Å². The zero-order valence-electron chi connectivity index (χ0n) is 10.2. The van der Waals surface area contributed by atoms with Crippen LogP contribution in [0.15, 0.2) is 23.4 Å². The second-order valence-corrected chi connectivity index (χ2v) is 6.50. The summed E-state index contributed by atoms with van der Waals surface area (Å²) < 4.78 is 31.2. The number of sulfonamides is 1. The molecule has 0 radical (unpaired) electrons. The second-order valence-electron chi connectivity index (χ2n) is 4.43. The van der Waals surface area contributed by atoms with Crippen molar-refractivity contribution in [2.45, 2.75) is 30.4 Å². The van der Waals surface area contributed by atoms with Crippen LogP contribution in [0.3, 0.4) is 0 Å². The van der Waals surface area contributed by atoms with E-state index in [0.29, 0.717) is 18.1 Å². The van der Waals surface area contributed by atoms with E-state index < -0.39 is 21.5 Å². The summed E-state index contributed by atoms with van der Waals surface area (Å²) >= 11 is 5.63. The van der Waals surface area contributed by atoms with Gasteiger partial charge in [0.15, 0.2) is 5.03 Å². The summed E-state index contributed by atoms with van der Waals surface area (Å²) in [5, 5.41) is 0.0585. The molecule has 6 nitrogen and oxygen atoms in total. The molecule has 0 bridgehead atoms. The molecular formula is C11H13ClN2O4S. The van der Waals surface area contributed by atoms with Gasteiger partial charge in [-0.2, -0.15) is 8.42 Å². The molecule has 1 aliphatic rings. The maximum Gasteiger partial charge on any atom is 0.281 e. The van der Waals surface area contributed by atoms with E-state index in [-0.39, 0.29) is 5.03 Å². The fourth-order valence-corrected chi connectivity index (χ4v) is 2.88. The molecule has 1 aromatic rings. The Morgan fingerprint density at radius 2 is 2.26 bits per heavy atom. The third-order valence-corrected chi connectivity index (χ3v) is 4.37. The quantitative estimate of drug-likeness (QED) is 0.904. The number of nitrogens with one attached hydrogen (secondary N) is 1. The summed E-state index contributed by atoms with van der Waals surface area (Å²) in [6.45, 7) is 2.02. The van der Waals surface area contributed by atoms with Gasteiger partial charge in [-0.25, -0.2) is 9.71 Å². The minimum absolute atomic E-state index is 0.258. The lowest BCUT2D eigenvalue weighted by atomic mass is 10.0.